The van der Waals surface area contributed by atoms with Gasteiger partial charge in [0.2, 0.25) is 0 Å². The van der Waals surface area contributed by atoms with Crippen molar-refractivity contribution in [3.05, 3.63) is 12.3 Å². The van der Waals surface area contributed by atoms with Crippen molar-refractivity contribution >= 4 is 0 Å². The molecule has 0 N–H and O–H groups in total. The van der Waals surface area contributed by atoms with E-state index in [4.69, 9.17) is 18.9 Å². The molecular formula is C14H26O4. The van der Waals surface area contributed by atoms with E-state index in [1.54, 1.807) is 20.5 Å². The first-order chi connectivity index (χ1) is 8.76. The van der Waals surface area contributed by atoms with Crippen LogP contribution in [0.2, 0.25) is 0 Å². The highest BCUT2D eigenvalue weighted by molar-refractivity contribution is 4.79. The van der Waals surface area contributed by atoms with Crippen LogP contribution in [0.3, 0.4) is 0 Å². The van der Waals surface area contributed by atoms with Crippen LogP contribution in [0, 0.1) is 0 Å². The van der Waals surface area contributed by atoms with Crippen LogP contribution in [0.25, 0.3) is 0 Å². The predicted molar refractivity (Wildman–Crippen MR) is 70.3 cm³/mol. The average molecular weight is 258 g/mol. The first-order valence-corrected chi connectivity index (χ1v) is 6.75. The molecule has 1 atom stereocenters. The van der Waals surface area contributed by atoms with Crippen molar-refractivity contribution in [2.75, 3.05) is 27.4 Å². The zero-order chi connectivity index (χ0) is 13.3. The van der Waals surface area contributed by atoms with E-state index >= 15 is 0 Å². The molecule has 1 heterocycles. The number of allylic oxidation sites excluding steroid dienone is 1. The lowest BCUT2D eigenvalue weighted by Gasteiger charge is -2.38. The summed E-state index contributed by atoms with van der Waals surface area (Å²) < 4.78 is 22.0. The summed E-state index contributed by atoms with van der Waals surface area (Å²) in [5, 5.41) is 0. The Morgan fingerprint density at radius 3 is 2.78 bits per heavy atom. The fraction of sp³-hybridized carbons (Fsp3) is 0.857. The Balaban J connectivity index is 2.20. The quantitative estimate of drug-likeness (QED) is 0.381. The number of ether oxygens (including phenoxy) is 4. The van der Waals surface area contributed by atoms with Gasteiger partial charge < -0.3 is 18.9 Å². The molecule has 1 fully saturated rings. The van der Waals surface area contributed by atoms with Gasteiger partial charge in [-0.3, -0.25) is 0 Å². The summed E-state index contributed by atoms with van der Waals surface area (Å²) in [4.78, 5) is 0. The molecule has 18 heavy (non-hydrogen) atoms. The molecule has 1 aliphatic heterocycles. The third-order valence-electron chi connectivity index (χ3n) is 3.34. The summed E-state index contributed by atoms with van der Waals surface area (Å²) in [7, 11) is 3.40. The zero-order valence-electron chi connectivity index (χ0n) is 11.8. The molecule has 0 aromatic rings. The average Bonchev–Trinajstić information content (AvgIpc) is 2.43. The van der Waals surface area contributed by atoms with Crippen LogP contribution in [0.5, 0.6) is 0 Å². The van der Waals surface area contributed by atoms with Crippen molar-refractivity contribution in [1.82, 2.24) is 0 Å². The smallest absolute Gasteiger partial charge is 0.172 e. The van der Waals surface area contributed by atoms with Crippen LogP contribution in [-0.2, 0) is 18.9 Å². The van der Waals surface area contributed by atoms with Crippen molar-refractivity contribution in [1.29, 1.82) is 0 Å². The van der Waals surface area contributed by atoms with Gasteiger partial charge in [-0.05, 0) is 19.3 Å². The molecule has 4 heteroatoms. The van der Waals surface area contributed by atoms with Gasteiger partial charge in [-0.15, -0.1) is 0 Å². The number of hydrogen-bond donors (Lipinski definition) is 0. The van der Waals surface area contributed by atoms with Gasteiger partial charge in [0.25, 0.3) is 0 Å². The van der Waals surface area contributed by atoms with Gasteiger partial charge in [-0.1, -0.05) is 13.0 Å². The van der Waals surface area contributed by atoms with Crippen LogP contribution >= 0.6 is 0 Å². The second-order valence-electron chi connectivity index (χ2n) is 4.56. The topological polar surface area (TPSA) is 36.9 Å². The highest BCUT2D eigenvalue weighted by Gasteiger charge is 2.36. The van der Waals surface area contributed by atoms with Gasteiger partial charge in [0.1, 0.15) is 0 Å². The molecule has 0 bridgehead atoms. The van der Waals surface area contributed by atoms with Crippen molar-refractivity contribution < 1.29 is 18.9 Å². The Bertz CT molecular complexity index is 236. The zero-order valence-corrected chi connectivity index (χ0v) is 11.8. The summed E-state index contributed by atoms with van der Waals surface area (Å²) in [6, 6.07) is 0. The summed E-state index contributed by atoms with van der Waals surface area (Å²) in [6.07, 6.45) is 8.57. The molecule has 1 saturated heterocycles. The highest BCUT2D eigenvalue weighted by atomic mass is 16.7. The van der Waals surface area contributed by atoms with E-state index in [0.29, 0.717) is 6.61 Å². The minimum Gasteiger partial charge on any atom is -0.502 e. The summed E-state index contributed by atoms with van der Waals surface area (Å²) >= 11 is 0. The highest BCUT2D eigenvalue weighted by Crippen LogP contribution is 2.30. The fourth-order valence-electron chi connectivity index (χ4n) is 2.16. The Hall–Kier alpha value is -0.580. The van der Waals surface area contributed by atoms with Crippen molar-refractivity contribution in [2.45, 2.75) is 50.9 Å². The van der Waals surface area contributed by atoms with Gasteiger partial charge in [-0.25, -0.2) is 0 Å². The summed E-state index contributed by atoms with van der Waals surface area (Å²) in [5.41, 5.74) is 0. The monoisotopic (exact) mass is 258 g/mol. The third-order valence-corrected chi connectivity index (χ3v) is 3.34. The maximum atomic E-state index is 5.73. The second-order valence-corrected chi connectivity index (χ2v) is 4.56. The third kappa shape index (κ3) is 4.96. The van der Waals surface area contributed by atoms with Gasteiger partial charge in [-0.2, -0.15) is 0 Å². The van der Waals surface area contributed by atoms with Crippen molar-refractivity contribution in [3.8, 4) is 0 Å². The van der Waals surface area contributed by atoms with Gasteiger partial charge in [0, 0.05) is 27.1 Å². The molecule has 0 aliphatic carbocycles. The van der Waals surface area contributed by atoms with Crippen LogP contribution in [0.15, 0.2) is 12.3 Å². The first-order valence-electron chi connectivity index (χ1n) is 6.75. The first kappa shape index (κ1) is 15.5. The molecule has 0 aromatic carbocycles. The van der Waals surface area contributed by atoms with E-state index in [1.807, 2.05) is 6.08 Å². The van der Waals surface area contributed by atoms with E-state index in [2.05, 4.69) is 6.92 Å². The Morgan fingerprint density at radius 1 is 1.33 bits per heavy atom. The molecular weight excluding hydrogens is 232 g/mol. The Morgan fingerprint density at radius 2 is 2.11 bits per heavy atom. The van der Waals surface area contributed by atoms with Crippen LogP contribution in [-0.4, -0.2) is 39.3 Å². The summed E-state index contributed by atoms with van der Waals surface area (Å²) in [5.74, 6) is -0.452. The second kappa shape index (κ2) is 8.51. The molecule has 4 nitrogen and oxygen atoms in total. The summed E-state index contributed by atoms with van der Waals surface area (Å²) in [6.45, 7) is 3.52. The maximum absolute atomic E-state index is 5.73. The SMILES string of the molecule is CCC=COCCCC1CC(OC)(OC)CCO1. The molecule has 1 aliphatic rings. The van der Waals surface area contributed by atoms with E-state index in [-0.39, 0.29) is 6.10 Å². The lowest BCUT2D eigenvalue weighted by molar-refractivity contribution is -0.257. The molecule has 0 spiro atoms. The van der Waals surface area contributed by atoms with Crippen LogP contribution in [0.4, 0.5) is 0 Å². The molecule has 1 unspecified atom stereocenters. The van der Waals surface area contributed by atoms with E-state index in [1.165, 1.54) is 0 Å². The van der Waals surface area contributed by atoms with E-state index < -0.39 is 5.79 Å². The van der Waals surface area contributed by atoms with Crippen LogP contribution in [0.1, 0.15) is 39.0 Å². The largest absolute Gasteiger partial charge is 0.502 e. The minimum atomic E-state index is -0.452. The lowest BCUT2D eigenvalue weighted by Crippen LogP contribution is -2.44. The number of hydrogen-bond acceptors (Lipinski definition) is 4. The van der Waals surface area contributed by atoms with E-state index in [9.17, 15) is 0 Å². The Labute approximate surface area is 110 Å². The number of methoxy groups -OCH3 is 2. The normalized spacial score (nSPS) is 23.4. The molecule has 0 radical (unpaired) electrons. The Kier molecular flexibility index (Phi) is 7.32. The van der Waals surface area contributed by atoms with Gasteiger partial charge in [0.15, 0.2) is 5.79 Å². The molecule has 0 amide bonds. The van der Waals surface area contributed by atoms with Crippen molar-refractivity contribution in [3.63, 3.8) is 0 Å². The minimum absolute atomic E-state index is 0.206. The predicted octanol–water partition coefficient (Wildman–Crippen LogP) is 2.88. The lowest BCUT2D eigenvalue weighted by atomic mass is 9.98. The molecule has 106 valence electrons. The molecule has 0 saturated carbocycles. The van der Waals surface area contributed by atoms with Crippen LogP contribution < -0.4 is 0 Å². The van der Waals surface area contributed by atoms with Gasteiger partial charge >= 0.3 is 0 Å². The number of rotatable bonds is 8. The van der Waals surface area contributed by atoms with Crippen molar-refractivity contribution in [2.24, 2.45) is 0 Å². The molecule has 0 aromatic heterocycles. The molecule has 1 rings (SSSR count). The standard InChI is InChI=1S/C14H26O4/c1-4-5-9-17-10-6-7-13-12-14(15-2,16-3)8-11-18-13/h5,9,13H,4,6-8,10-12H2,1-3H3. The van der Waals surface area contributed by atoms with E-state index in [0.717, 1.165) is 38.7 Å². The van der Waals surface area contributed by atoms with Gasteiger partial charge in [0.05, 0.1) is 25.6 Å². The maximum Gasteiger partial charge on any atom is 0.172 e. The fourth-order valence-corrected chi connectivity index (χ4v) is 2.16.